The van der Waals surface area contributed by atoms with Crippen LogP contribution in [0.25, 0.3) is 0 Å². The van der Waals surface area contributed by atoms with Gasteiger partial charge >= 0.3 is 0 Å². The molecule has 0 aliphatic heterocycles. The number of hydrogen-bond donors (Lipinski definition) is 2. The molecule has 2 aliphatic rings. The number of rotatable bonds is 6. The van der Waals surface area contributed by atoms with Crippen molar-refractivity contribution in [1.29, 1.82) is 0 Å². The Labute approximate surface area is 97.0 Å². The molecule has 0 atom stereocenters. The zero-order valence-electron chi connectivity index (χ0n) is 9.98. The molecule has 4 heteroatoms. The number of nitrogens with one attached hydrogen (secondary N) is 1. The smallest absolute Gasteiger partial charge is 0.234 e. The first-order chi connectivity index (χ1) is 7.63. The van der Waals surface area contributed by atoms with E-state index < -0.39 is 0 Å². The van der Waals surface area contributed by atoms with E-state index in [1.54, 1.807) is 0 Å². The second-order valence-corrected chi connectivity index (χ2v) is 5.44. The third-order valence-electron chi connectivity index (χ3n) is 3.48. The van der Waals surface area contributed by atoms with Crippen LogP contribution in [0.3, 0.4) is 0 Å². The zero-order chi connectivity index (χ0) is 11.5. The fourth-order valence-electron chi connectivity index (χ4n) is 2.24. The number of aliphatic hydroxyl groups excluding tert-OH is 1. The summed E-state index contributed by atoms with van der Waals surface area (Å²) in [5, 5.41) is 12.1. The predicted octanol–water partition coefficient (Wildman–Crippen LogP) is 0.215. The Morgan fingerprint density at radius 1 is 1.38 bits per heavy atom. The summed E-state index contributed by atoms with van der Waals surface area (Å²) in [7, 11) is 1.97. The summed E-state index contributed by atoms with van der Waals surface area (Å²) in [5.74, 6) is 1.46. The maximum atomic E-state index is 11.5. The Morgan fingerprint density at radius 3 is 2.62 bits per heavy atom. The molecule has 0 aromatic carbocycles. The fraction of sp³-hybridized carbons (Fsp3) is 0.917. The van der Waals surface area contributed by atoms with E-state index in [0.717, 1.165) is 31.8 Å². The van der Waals surface area contributed by atoms with Gasteiger partial charge in [0.05, 0.1) is 12.6 Å². The van der Waals surface area contributed by atoms with Gasteiger partial charge in [-0.05, 0) is 44.6 Å². The van der Waals surface area contributed by atoms with Crippen molar-refractivity contribution in [2.24, 2.45) is 11.8 Å². The van der Waals surface area contributed by atoms with Gasteiger partial charge in [0.2, 0.25) is 5.91 Å². The largest absolute Gasteiger partial charge is 0.393 e. The Bertz CT molecular complexity index is 247. The second kappa shape index (κ2) is 5.15. The van der Waals surface area contributed by atoms with Crippen LogP contribution in [0.4, 0.5) is 0 Å². The average Bonchev–Trinajstić information content (AvgIpc) is 2.95. The van der Waals surface area contributed by atoms with Crippen LogP contribution in [0.15, 0.2) is 0 Å². The molecule has 0 aromatic rings. The van der Waals surface area contributed by atoms with Crippen molar-refractivity contribution in [3.63, 3.8) is 0 Å². The van der Waals surface area contributed by atoms with Crippen LogP contribution in [0.1, 0.15) is 25.7 Å². The van der Waals surface area contributed by atoms with Gasteiger partial charge in [0.25, 0.3) is 0 Å². The lowest BCUT2D eigenvalue weighted by Gasteiger charge is -2.34. The van der Waals surface area contributed by atoms with Crippen molar-refractivity contribution >= 4 is 5.91 Å². The minimum absolute atomic E-state index is 0.0953. The number of aliphatic hydroxyl groups is 1. The molecule has 0 bridgehead atoms. The Morgan fingerprint density at radius 2 is 2.06 bits per heavy atom. The predicted molar refractivity (Wildman–Crippen MR) is 62.0 cm³/mol. The van der Waals surface area contributed by atoms with Crippen LogP contribution in [0.2, 0.25) is 0 Å². The molecule has 2 fully saturated rings. The molecule has 16 heavy (non-hydrogen) atoms. The van der Waals surface area contributed by atoms with Crippen LogP contribution in [0, 0.1) is 11.8 Å². The molecule has 0 aromatic heterocycles. The summed E-state index contributed by atoms with van der Waals surface area (Å²) in [5.41, 5.74) is 0. The number of hydrogen-bond acceptors (Lipinski definition) is 3. The summed E-state index contributed by atoms with van der Waals surface area (Å²) in [6.45, 7) is 2.27. The van der Waals surface area contributed by atoms with Crippen molar-refractivity contribution in [2.45, 2.75) is 31.8 Å². The lowest BCUT2D eigenvalue weighted by molar-refractivity contribution is -0.122. The lowest BCUT2D eigenvalue weighted by Crippen LogP contribution is -2.41. The highest BCUT2D eigenvalue weighted by Gasteiger charge is 2.28. The molecule has 92 valence electrons. The lowest BCUT2D eigenvalue weighted by atomic mass is 9.82. The molecule has 0 saturated heterocycles. The van der Waals surface area contributed by atoms with Crippen molar-refractivity contribution < 1.29 is 9.90 Å². The normalized spacial score (nSPS) is 28.9. The van der Waals surface area contributed by atoms with Gasteiger partial charge in [-0.2, -0.15) is 0 Å². The number of carbonyl (C=O) groups excluding carboxylic acids is 1. The van der Waals surface area contributed by atoms with Gasteiger partial charge in [0, 0.05) is 13.1 Å². The summed E-state index contributed by atoms with van der Waals surface area (Å²) >= 11 is 0. The molecular formula is C12H22N2O2. The standard InChI is InChI=1S/C12H22N2O2/c1-14(7-10-4-11(15)5-10)8-12(16)13-6-9-2-3-9/h9-11,15H,2-8H2,1H3,(H,13,16). The van der Waals surface area contributed by atoms with Gasteiger partial charge in [-0.15, -0.1) is 0 Å². The third kappa shape index (κ3) is 3.76. The maximum Gasteiger partial charge on any atom is 0.234 e. The van der Waals surface area contributed by atoms with Gasteiger partial charge in [0.1, 0.15) is 0 Å². The molecule has 2 aliphatic carbocycles. The summed E-state index contributed by atoms with van der Waals surface area (Å²) in [6, 6.07) is 0. The minimum Gasteiger partial charge on any atom is -0.393 e. The molecular weight excluding hydrogens is 204 g/mol. The minimum atomic E-state index is -0.0953. The van der Waals surface area contributed by atoms with E-state index in [1.165, 1.54) is 12.8 Å². The topological polar surface area (TPSA) is 52.6 Å². The number of amides is 1. The number of nitrogens with zero attached hydrogens (tertiary/aromatic N) is 1. The molecule has 2 rings (SSSR count). The Kier molecular flexibility index (Phi) is 3.82. The van der Waals surface area contributed by atoms with Crippen molar-refractivity contribution in [1.82, 2.24) is 10.2 Å². The quantitative estimate of drug-likeness (QED) is 0.681. The van der Waals surface area contributed by atoms with Gasteiger partial charge in [-0.3, -0.25) is 9.69 Å². The summed E-state index contributed by atoms with van der Waals surface area (Å²) in [6.07, 6.45) is 4.25. The zero-order valence-corrected chi connectivity index (χ0v) is 9.98. The molecule has 0 spiro atoms. The summed E-state index contributed by atoms with van der Waals surface area (Å²) in [4.78, 5) is 13.6. The highest BCUT2D eigenvalue weighted by molar-refractivity contribution is 5.77. The van der Waals surface area contributed by atoms with Crippen molar-refractivity contribution in [3.05, 3.63) is 0 Å². The molecule has 2 saturated carbocycles. The highest BCUT2D eigenvalue weighted by Crippen LogP contribution is 2.28. The molecule has 4 nitrogen and oxygen atoms in total. The van der Waals surface area contributed by atoms with E-state index >= 15 is 0 Å². The van der Waals surface area contributed by atoms with E-state index in [2.05, 4.69) is 10.2 Å². The van der Waals surface area contributed by atoms with Gasteiger partial charge < -0.3 is 10.4 Å². The fourth-order valence-corrected chi connectivity index (χ4v) is 2.24. The van der Waals surface area contributed by atoms with E-state index in [1.807, 2.05) is 7.05 Å². The van der Waals surface area contributed by atoms with Crippen LogP contribution >= 0.6 is 0 Å². The van der Waals surface area contributed by atoms with Gasteiger partial charge in [-0.25, -0.2) is 0 Å². The molecule has 1 amide bonds. The van der Waals surface area contributed by atoms with Crippen LogP contribution < -0.4 is 5.32 Å². The van der Waals surface area contributed by atoms with E-state index in [9.17, 15) is 4.79 Å². The number of likely N-dealkylation sites (N-methyl/N-ethyl adjacent to an activating group) is 1. The molecule has 0 heterocycles. The first kappa shape index (κ1) is 11.9. The number of carbonyl (C=O) groups is 1. The van der Waals surface area contributed by atoms with Crippen LogP contribution in [-0.4, -0.2) is 48.7 Å². The Hall–Kier alpha value is -0.610. The average molecular weight is 226 g/mol. The van der Waals surface area contributed by atoms with Crippen molar-refractivity contribution in [3.8, 4) is 0 Å². The van der Waals surface area contributed by atoms with Crippen LogP contribution in [0.5, 0.6) is 0 Å². The van der Waals surface area contributed by atoms with Gasteiger partial charge in [0.15, 0.2) is 0 Å². The Balaban J connectivity index is 1.54. The van der Waals surface area contributed by atoms with E-state index in [4.69, 9.17) is 5.11 Å². The highest BCUT2D eigenvalue weighted by atomic mass is 16.3. The van der Waals surface area contributed by atoms with Crippen molar-refractivity contribution in [2.75, 3.05) is 26.7 Å². The third-order valence-corrected chi connectivity index (χ3v) is 3.48. The molecule has 0 radical (unpaired) electrons. The first-order valence-corrected chi connectivity index (χ1v) is 6.27. The summed E-state index contributed by atoms with van der Waals surface area (Å²) < 4.78 is 0. The monoisotopic (exact) mass is 226 g/mol. The second-order valence-electron chi connectivity index (χ2n) is 5.44. The van der Waals surface area contributed by atoms with Crippen LogP contribution in [-0.2, 0) is 4.79 Å². The van der Waals surface area contributed by atoms with E-state index in [0.29, 0.717) is 12.5 Å². The SMILES string of the molecule is CN(CC(=O)NCC1CC1)CC1CC(O)C1. The van der Waals surface area contributed by atoms with E-state index in [-0.39, 0.29) is 12.0 Å². The molecule has 2 N–H and O–H groups in total. The van der Waals surface area contributed by atoms with Gasteiger partial charge in [-0.1, -0.05) is 0 Å². The first-order valence-electron chi connectivity index (χ1n) is 6.27. The molecule has 0 unspecified atom stereocenters. The maximum absolute atomic E-state index is 11.5.